The third kappa shape index (κ3) is 4.56. The van der Waals surface area contributed by atoms with E-state index < -0.39 is 0 Å². The summed E-state index contributed by atoms with van der Waals surface area (Å²) in [6.07, 6.45) is 1.78. The predicted molar refractivity (Wildman–Crippen MR) is 121 cm³/mol. The topological polar surface area (TPSA) is 70.5 Å². The Morgan fingerprint density at radius 3 is 2.26 bits per heavy atom. The molecule has 0 radical (unpaired) electrons. The number of amides is 3. The molecule has 0 bridgehead atoms. The molecule has 1 aromatic heterocycles. The fraction of sp³-hybridized carbons (Fsp3) is 0.261. The Labute approximate surface area is 186 Å². The fourth-order valence-corrected chi connectivity index (χ4v) is 3.74. The van der Waals surface area contributed by atoms with Gasteiger partial charge in [0.05, 0.1) is 11.3 Å². The van der Waals surface area contributed by atoms with E-state index in [9.17, 15) is 9.59 Å². The molecule has 0 saturated carbocycles. The van der Waals surface area contributed by atoms with Gasteiger partial charge in [-0.05, 0) is 31.2 Å². The molecule has 0 atom stereocenters. The average Bonchev–Trinajstić information content (AvgIpc) is 3.25. The lowest BCUT2D eigenvalue weighted by atomic mass is 10.1. The van der Waals surface area contributed by atoms with Crippen molar-refractivity contribution in [2.24, 2.45) is 0 Å². The predicted octanol–water partition coefficient (Wildman–Crippen LogP) is 3.68. The number of para-hydroxylation sites is 1. The van der Waals surface area contributed by atoms with Crippen LogP contribution in [0, 0.1) is 0 Å². The molecule has 2 aromatic carbocycles. The van der Waals surface area contributed by atoms with Crippen LogP contribution >= 0.6 is 11.6 Å². The third-order valence-corrected chi connectivity index (χ3v) is 5.52. The van der Waals surface area contributed by atoms with Gasteiger partial charge in [0, 0.05) is 49.5 Å². The SMILES string of the molecule is CCNC(=O)N1CCN(C(=O)c2cn(-c3ccccc3)nc2-c2ccc(Cl)cc2)CC1. The number of halogens is 1. The highest BCUT2D eigenvalue weighted by molar-refractivity contribution is 6.30. The highest BCUT2D eigenvalue weighted by atomic mass is 35.5. The van der Waals surface area contributed by atoms with Crippen molar-refractivity contribution in [3.63, 3.8) is 0 Å². The zero-order valence-electron chi connectivity index (χ0n) is 17.3. The second-order valence-electron chi connectivity index (χ2n) is 7.29. The van der Waals surface area contributed by atoms with Crippen molar-refractivity contribution in [1.29, 1.82) is 0 Å². The third-order valence-electron chi connectivity index (χ3n) is 5.27. The van der Waals surface area contributed by atoms with Crippen molar-refractivity contribution >= 4 is 23.5 Å². The highest BCUT2D eigenvalue weighted by Crippen LogP contribution is 2.26. The largest absolute Gasteiger partial charge is 0.338 e. The molecular formula is C23H24ClN5O2. The van der Waals surface area contributed by atoms with Gasteiger partial charge < -0.3 is 15.1 Å². The van der Waals surface area contributed by atoms with Crippen molar-refractivity contribution in [1.82, 2.24) is 24.9 Å². The molecule has 8 heteroatoms. The summed E-state index contributed by atoms with van der Waals surface area (Å²) in [7, 11) is 0. The van der Waals surface area contributed by atoms with Crippen molar-refractivity contribution in [3.8, 4) is 16.9 Å². The van der Waals surface area contributed by atoms with Crippen molar-refractivity contribution in [2.75, 3.05) is 32.7 Å². The first-order valence-corrected chi connectivity index (χ1v) is 10.7. The van der Waals surface area contributed by atoms with Gasteiger partial charge in [-0.1, -0.05) is 41.9 Å². The molecular weight excluding hydrogens is 414 g/mol. The van der Waals surface area contributed by atoms with Crippen LogP contribution in [0.2, 0.25) is 5.02 Å². The molecule has 3 amide bonds. The summed E-state index contributed by atoms with van der Waals surface area (Å²) in [4.78, 5) is 29.0. The second-order valence-corrected chi connectivity index (χ2v) is 7.73. The average molecular weight is 438 g/mol. The van der Waals surface area contributed by atoms with Crippen LogP contribution in [-0.4, -0.2) is 64.2 Å². The van der Waals surface area contributed by atoms with Crippen molar-refractivity contribution in [3.05, 3.63) is 71.4 Å². The summed E-state index contributed by atoms with van der Waals surface area (Å²) in [5, 5.41) is 8.15. The van der Waals surface area contributed by atoms with Crippen LogP contribution in [0.5, 0.6) is 0 Å². The Hall–Kier alpha value is -3.32. The summed E-state index contributed by atoms with van der Waals surface area (Å²) in [6, 6.07) is 16.9. The van der Waals surface area contributed by atoms with Gasteiger partial charge in [-0.25, -0.2) is 9.48 Å². The summed E-state index contributed by atoms with van der Waals surface area (Å²) >= 11 is 6.05. The van der Waals surface area contributed by atoms with Gasteiger partial charge in [-0.15, -0.1) is 0 Å². The number of carbonyl (C=O) groups excluding carboxylic acids is 2. The minimum absolute atomic E-state index is 0.0895. The quantitative estimate of drug-likeness (QED) is 0.676. The van der Waals surface area contributed by atoms with E-state index in [-0.39, 0.29) is 11.9 Å². The molecule has 0 aliphatic carbocycles. The second kappa shape index (κ2) is 9.22. The van der Waals surface area contributed by atoms with Gasteiger partial charge in [0.25, 0.3) is 5.91 Å². The number of aromatic nitrogens is 2. The maximum Gasteiger partial charge on any atom is 0.317 e. The molecule has 4 rings (SSSR count). The molecule has 7 nitrogen and oxygen atoms in total. The summed E-state index contributed by atoms with van der Waals surface area (Å²) in [6.45, 7) is 4.43. The van der Waals surface area contributed by atoms with E-state index in [4.69, 9.17) is 16.7 Å². The van der Waals surface area contributed by atoms with E-state index >= 15 is 0 Å². The molecule has 160 valence electrons. The first-order valence-electron chi connectivity index (χ1n) is 10.3. The maximum atomic E-state index is 13.4. The summed E-state index contributed by atoms with van der Waals surface area (Å²) in [5.41, 5.74) is 2.83. The molecule has 0 spiro atoms. The number of urea groups is 1. The van der Waals surface area contributed by atoms with Crippen molar-refractivity contribution < 1.29 is 9.59 Å². The molecule has 3 aromatic rings. The van der Waals surface area contributed by atoms with Crippen LogP contribution in [0.15, 0.2) is 60.8 Å². The molecule has 1 saturated heterocycles. The van der Waals surface area contributed by atoms with Gasteiger partial charge in [0.2, 0.25) is 0 Å². The van der Waals surface area contributed by atoms with Crippen LogP contribution in [0.1, 0.15) is 17.3 Å². The Kier molecular flexibility index (Phi) is 6.23. The first kappa shape index (κ1) is 20.9. The normalized spacial score (nSPS) is 13.9. The van der Waals surface area contributed by atoms with Gasteiger partial charge in [-0.3, -0.25) is 4.79 Å². The molecule has 1 N–H and O–H groups in total. The number of hydrogen-bond acceptors (Lipinski definition) is 3. The number of benzene rings is 2. The molecule has 1 aliphatic heterocycles. The van der Waals surface area contributed by atoms with Crippen LogP contribution in [0.3, 0.4) is 0 Å². The molecule has 31 heavy (non-hydrogen) atoms. The number of rotatable bonds is 4. The van der Waals surface area contributed by atoms with Crippen LogP contribution in [0.4, 0.5) is 4.79 Å². The number of carbonyl (C=O) groups is 2. The standard InChI is InChI=1S/C23H24ClN5O2/c1-2-25-23(31)28-14-12-27(13-15-28)22(30)20-16-29(19-6-4-3-5-7-19)26-21(20)17-8-10-18(24)11-9-17/h3-11,16H,2,12-15H2,1H3,(H,25,31). The molecule has 1 aliphatic rings. The van der Waals surface area contributed by atoms with Crippen LogP contribution in [0.25, 0.3) is 16.9 Å². The fourth-order valence-electron chi connectivity index (χ4n) is 3.61. The zero-order valence-corrected chi connectivity index (χ0v) is 18.0. The van der Waals surface area contributed by atoms with Crippen LogP contribution in [-0.2, 0) is 0 Å². The number of nitrogens with one attached hydrogen (secondary N) is 1. The van der Waals surface area contributed by atoms with E-state index in [0.29, 0.717) is 49.0 Å². The zero-order chi connectivity index (χ0) is 21.8. The molecule has 0 unspecified atom stereocenters. The minimum atomic E-state index is -0.0947. The first-order chi connectivity index (χ1) is 15.1. The van der Waals surface area contributed by atoms with Crippen molar-refractivity contribution in [2.45, 2.75) is 6.92 Å². The lowest BCUT2D eigenvalue weighted by Crippen LogP contribution is -2.53. The maximum absolute atomic E-state index is 13.4. The Balaban J connectivity index is 1.62. The Morgan fingerprint density at radius 1 is 0.968 bits per heavy atom. The highest BCUT2D eigenvalue weighted by Gasteiger charge is 2.28. The van der Waals surface area contributed by atoms with E-state index in [1.54, 1.807) is 32.8 Å². The van der Waals surface area contributed by atoms with E-state index in [2.05, 4.69) is 5.32 Å². The summed E-state index contributed by atoms with van der Waals surface area (Å²) < 4.78 is 1.72. The van der Waals surface area contributed by atoms with E-state index in [1.165, 1.54) is 0 Å². The number of nitrogens with zero attached hydrogens (tertiary/aromatic N) is 4. The van der Waals surface area contributed by atoms with E-state index in [1.807, 2.05) is 49.4 Å². The van der Waals surface area contributed by atoms with Gasteiger partial charge in [0.1, 0.15) is 5.69 Å². The lowest BCUT2D eigenvalue weighted by molar-refractivity contribution is 0.0666. The smallest absolute Gasteiger partial charge is 0.317 e. The summed E-state index contributed by atoms with van der Waals surface area (Å²) in [5.74, 6) is -0.0947. The monoisotopic (exact) mass is 437 g/mol. The molecule has 2 heterocycles. The number of piperazine rings is 1. The Bertz CT molecular complexity index is 1060. The van der Waals surface area contributed by atoms with Gasteiger partial charge in [-0.2, -0.15) is 5.10 Å². The molecule has 1 fully saturated rings. The number of hydrogen-bond donors (Lipinski definition) is 1. The van der Waals surface area contributed by atoms with Crippen LogP contribution < -0.4 is 5.32 Å². The van der Waals surface area contributed by atoms with E-state index in [0.717, 1.165) is 11.3 Å². The minimum Gasteiger partial charge on any atom is -0.338 e. The van der Waals surface area contributed by atoms with Gasteiger partial charge >= 0.3 is 6.03 Å². The lowest BCUT2D eigenvalue weighted by Gasteiger charge is -2.34. The Morgan fingerprint density at radius 2 is 1.61 bits per heavy atom. The van der Waals surface area contributed by atoms with Gasteiger partial charge in [0.15, 0.2) is 0 Å².